The summed E-state index contributed by atoms with van der Waals surface area (Å²) < 4.78 is 25.0. The van der Waals surface area contributed by atoms with Crippen LogP contribution in [0, 0.1) is 10.8 Å². The van der Waals surface area contributed by atoms with Gasteiger partial charge in [0, 0.05) is 35.4 Å². The molecule has 2 unspecified atom stereocenters. The van der Waals surface area contributed by atoms with E-state index >= 15 is 0 Å². The third-order valence-corrected chi connectivity index (χ3v) is 9.14. The summed E-state index contributed by atoms with van der Waals surface area (Å²) in [4.78, 5) is 32.7. The lowest BCUT2D eigenvalue weighted by molar-refractivity contribution is -0.118. The first-order valence-corrected chi connectivity index (χ1v) is 16.0. The Labute approximate surface area is 246 Å². The van der Waals surface area contributed by atoms with Crippen LogP contribution < -0.4 is 11.5 Å². The van der Waals surface area contributed by atoms with Crippen LogP contribution in [0.5, 0.6) is 0 Å². The lowest BCUT2D eigenvalue weighted by Crippen LogP contribution is -2.21. The minimum Gasteiger partial charge on any atom is -0.380 e. The highest BCUT2D eigenvalue weighted by Gasteiger charge is 2.25. The van der Waals surface area contributed by atoms with Crippen LogP contribution in [0.15, 0.2) is 6.20 Å². The zero-order valence-electron chi connectivity index (χ0n) is 24.6. The molecule has 0 aliphatic carbocycles. The third-order valence-electron chi connectivity index (χ3n) is 5.50. The maximum Gasteiger partial charge on any atom is 0.332 e. The Balaban J connectivity index is 1.96. The predicted molar refractivity (Wildman–Crippen MR) is 162 cm³/mol. The molecular weight excluding hydrogens is 575 g/mol. The fourth-order valence-corrected chi connectivity index (χ4v) is 6.01. The molecule has 0 bridgehead atoms. The highest BCUT2D eigenvalue weighted by Crippen LogP contribution is 2.41. The maximum absolute atomic E-state index is 12.2. The van der Waals surface area contributed by atoms with Crippen molar-refractivity contribution in [2.75, 3.05) is 49.9 Å². The molecule has 40 heavy (non-hydrogen) atoms. The SMILES string of the molecule is COC(COP(OCCSC(=O)C(C)(C)C)OCCSC(=O)C(C)(C)C)CC(C)c1cnc2c(N)nc(N)nn12. The van der Waals surface area contributed by atoms with Crippen molar-refractivity contribution in [3.05, 3.63) is 11.9 Å². The van der Waals surface area contributed by atoms with Crippen molar-refractivity contribution < 1.29 is 27.9 Å². The van der Waals surface area contributed by atoms with Gasteiger partial charge in [-0.3, -0.25) is 9.59 Å². The lowest BCUT2D eigenvalue weighted by Gasteiger charge is -2.23. The molecule has 2 rings (SSSR count). The molecular formula is C25H43N6O6PS2. The second-order valence-corrected chi connectivity index (χ2v) is 14.6. The molecule has 0 aliphatic heterocycles. The van der Waals surface area contributed by atoms with Crippen LogP contribution in [0.25, 0.3) is 5.65 Å². The van der Waals surface area contributed by atoms with Gasteiger partial charge in [-0.2, -0.15) is 4.98 Å². The van der Waals surface area contributed by atoms with Gasteiger partial charge in [0.05, 0.1) is 37.8 Å². The summed E-state index contributed by atoms with van der Waals surface area (Å²) in [6.45, 7) is 14.1. The van der Waals surface area contributed by atoms with Crippen LogP contribution in [0.3, 0.4) is 0 Å². The van der Waals surface area contributed by atoms with Gasteiger partial charge in [-0.15, -0.1) is 5.10 Å². The highest BCUT2D eigenvalue weighted by molar-refractivity contribution is 8.14. The fourth-order valence-electron chi connectivity index (χ4n) is 3.20. The molecule has 2 atom stereocenters. The average Bonchev–Trinajstić information content (AvgIpc) is 3.28. The van der Waals surface area contributed by atoms with E-state index in [9.17, 15) is 9.59 Å². The monoisotopic (exact) mass is 618 g/mol. The van der Waals surface area contributed by atoms with E-state index in [-0.39, 0.29) is 53.8 Å². The molecule has 12 nitrogen and oxygen atoms in total. The number of hydrogen-bond acceptors (Lipinski definition) is 13. The van der Waals surface area contributed by atoms with Crippen LogP contribution >= 0.6 is 32.1 Å². The molecule has 15 heteroatoms. The zero-order valence-corrected chi connectivity index (χ0v) is 27.2. The number of nitrogen functional groups attached to an aromatic ring is 2. The number of nitrogens with zero attached hydrogens (tertiary/aromatic N) is 4. The summed E-state index contributed by atoms with van der Waals surface area (Å²) in [5.41, 5.74) is 12.1. The molecule has 226 valence electrons. The predicted octanol–water partition coefficient (Wildman–Crippen LogP) is 4.69. The fraction of sp³-hybridized carbons (Fsp3) is 0.720. The lowest BCUT2D eigenvalue weighted by atomic mass is 9.99. The maximum atomic E-state index is 12.2. The second-order valence-electron chi connectivity index (χ2n) is 11.2. The van der Waals surface area contributed by atoms with E-state index in [1.54, 1.807) is 17.8 Å². The Morgan fingerprint density at radius 2 is 1.55 bits per heavy atom. The number of ether oxygens (including phenoxy) is 1. The standard InChI is InChI=1S/C25H43N6O6PS2/c1-16(18-14-28-20-19(26)29-23(27)30-31(18)20)13-17(34-8)15-37-38(35-9-11-39-21(32)24(2,3)4)36-10-12-40-22(33)25(5,6)7/h14,16-17H,9-13,15H2,1-8H3,(H4,26,27,29,30). The smallest absolute Gasteiger partial charge is 0.332 e. The number of carbonyl (C=O) groups excluding carboxylic acids is 2. The van der Waals surface area contributed by atoms with E-state index in [2.05, 4.69) is 15.1 Å². The van der Waals surface area contributed by atoms with Crippen LogP contribution in [0.4, 0.5) is 11.8 Å². The van der Waals surface area contributed by atoms with Crippen LogP contribution in [0.2, 0.25) is 0 Å². The first-order valence-electron chi connectivity index (χ1n) is 13.0. The van der Waals surface area contributed by atoms with Crippen molar-refractivity contribution in [1.82, 2.24) is 19.6 Å². The molecule has 0 aromatic carbocycles. The van der Waals surface area contributed by atoms with Crippen molar-refractivity contribution in [2.24, 2.45) is 10.8 Å². The van der Waals surface area contributed by atoms with Gasteiger partial charge in [-0.05, 0) is 6.42 Å². The van der Waals surface area contributed by atoms with Gasteiger partial charge in [-0.25, -0.2) is 9.50 Å². The summed E-state index contributed by atoms with van der Waals surface area (Å²) in [5.74, 6) is 1.21. The highest BCUT2D eigenvalue weighted by atomic mass is 32.2. The van der Waals surface area contributed by atoms with Crippen molar-refractivity contribution in [3.63, 3.8) is 0 Å². The van der Waals surface area contributed by atoms with Gasteiger partial charge in [-0.1, -0.05) is 72.0 Å². The van der Waals surface area contributed by atoms with Crippen LogP contribution in [-0.2, 0) is 27.9 Å². The summed E-state index contributed by atoms with van der Waals surface area (Å²) in [6, 6.07) is 0. The summed E-state index contributed by atoms with van der Waals surface area (Å²) in [7, 11) is -0.112. The molecule has 4 N–H and O–H groups in total. The van der Waals surface area contributed by atoms with Crippen molar-refractivity contribution in [2.45, 2.75) is 66.9 Å². The van der Waals surface area contributed by atoms with E-state index in [0.29, 0.717) is 23.6 Å². The Morgan fingerprint density at radius 1 is 1.00 bits per heavy atom. The molecule has 0 amide bonds. The molecule has 2 aromatic rings. The molecule has 2 heterocycles. The van der Waals surface area contributed by atoms with Crippen molar-refractivity contribution in [1.29, 1.82) is 0 Å². The number of aromatic nitrogens is 4. The number of anilines is 2. The first-order chi connectivity index (χ1) is 18.6. The van der Waals surface area contributed by atoms with E-state index < -0.39 is 19.4 Å². The molecule has 0 fully saturated rings. The van der Waals surface area contributed by atoms with Gasteiger partial charge < -0.3 is 29.8 Å². The van der Waals surface area contributed by atoms with E-state index in [1.165, 1.54) is 23.5 Å². The summed E-state index contributed by atoms with van der Waals surface area (Å²) in [6.07, 6.45) is 2.00. The average molecular weight is 619 g/mol. The Morgan fingerprint density at radius 3 is 2.05 bits per heavy atom. The number of hydrogen-bond donors (Lipinski definition) is 2. The van der Waals surface area contributed by atoms with Crippen LogP contribution in [0.1, 0.15) is 66.5 Å². The molecule has 0 radical (unpaired) electrons. The molecule has 0 aliphatic rings. The van der Waals surface area contributed by atoms with Crippen molar-refractivity contribution >= 4 is 59.8 Å². The molecule has 2 aromatic heterocycles. The largest absolute Gasteiger partial charge is 0.380 e. The molecule has 0 saturated carbocycles. The van der Waals surface area contributed by atoms with E-state index in [0.717, 1.165) is 5.69 Å². The summed E-state index contributed by atoms with van der Waals surface area (Å²) in [5, 5.41) is 4.43. The zero-order chi connectivity index (χ0) is 30.1. The number of carbonyl (C=O) groups is 2. The van der Waals surface area contributed by atoms with Gasteiger partial charge >= 0.3 is 8.60 Å². The van der Waals surface area contributed by atoms with E-state index in [4.69, 9.17) is 29.8 Å². The number of nitrogens with two attached hydrogens (primary N) is 2. The van der Waals surface area contributed by atoms with Crippen LogP contribution in [-0.4, -0.2) is 74.4 Å². The minimum absolute atomic E-state index is 0.0232. The third kappa shape index (κ3) is 11.0. The summed E-state index contributed by atoms with van der Waals surface area (Å²) >= 11 is 2.45. The van der Waals surface area contributed by atoms with Gasteiger partial charge in [0.2, 0.25) is 5.95 Å². The molecule has 0 saturated heterocycles. The number of methoxy groups -OCH3 is 1. The number of fused-ring (bicyclic) bond motifs is 1. The van der Waals surface area contributed by atoms with Crippen molar-refractivity contribution in [3.8, 4) is 0 Å². The normalized spacial score (nSPS) is 14.1. The van der Waals surface area contributed by atoms with E-state index in [1.807, 2.05) is 48.5 Å². The topological polar surface area (TPSA) is 166 Å². The first kappa shape index (κ1) is 34.7. The van der Waals surface area contributed by atoms with Gasteiger partial charge in [0.1, 0.15) is 0 Å². The number of rotatable bonds is 15. The number of imidazole rings is 1. The Hall–Kier alpha value is -1.54. The number of thioether (sulfide) groups is 2. The minimum atomic E-state index is -1.72. The molecule has 0 spiro atoms. The quantitative estimate of drug-likeness (QED) is 0.209. The second kappa shape index (κ2) is 15.6. The van der Waals surface area contributed by atoms with Gasteiger partial charge in [0.25, 0.3) is 0 Å². The van der Waals surface area contributed by atoms with Gasteiger partial charge in [0.15, 0.2) is 21.7 Å². The Bertz CT molecular complexity index is 1090. The Kier molecular flexibility index (Phi) is 13.5.